The lowest BCUT2D eigenvalue weighted by Gasteiger charge is -2.34. The number of ketones is 1. The zero-order chi connectivity index (χ0) is 27.3. The van der Waals surface area contributed by atoms with E-state index in [9.17, 15) is 19.8 Å². The van der Waals surface area contributed by atoms with Crippen molar-refractivity contribution in [3.8, 4) is 0 Å². The molecule has 0 spiro atoms. The molecule has 2 aliphatic heterocycles. The van der Waals surface area contributed by atoms with Gasteiger partial charge in [-0.1, -0.05) is 27.7 Å². The predicted octanol–water partition coefficient (Wildman–Crippen LogP) is 3.48. The molecule has 2 saturated heterocycles. The van der Waals surface area contributed by atoms with E-state index in [2.05, 4.69) is 11.9 Å². The van der Waals surface area contributed by atoms with E-state index in [4.69, 9.17) is 15.2 Å². The van der Waals surface area contributed by atoms with Gasteiger partial charge in [-0.3, -0.25) is 9.59 Å². The Morgan fingerprint density at radius 3 is 2.59 bits per heavy atom. The Bertz CT molecular complexity index is 1050. The molecule has 206 valence electrons. The number of thiazole rings is 1. The summed E-state index contributed by atoms with van der Waals surface area (Å²) in [6.07, 6.45) is 1.32. The van der Waals surface area contributed by atoms with Gasteiger partial charge in [-0.25, -0.2) is 4.98 Å². The van der Waals surface area contributed by atoms with Crippen molar-refractivity contribution in [1.82, 2.24) is 4.98 Å². The number of fused-ring (bicyclic) bond motifs is 2. The van der Waals surface area contributed by atoms with Crippen molar-refractivity contribution in [3.05, 3.63) is 21.7 Å². The van der Waals surface area contributed by atoms with Gasteiger partial charge in [0.25, 0.3) is 0 Å². The summed E-state index contributed by atoms with van der Waals surface area (Å²) in [5.41, 5.74) is 5.78. The predicted molar refractivity (Wildman–Crippen MR) is 141 cm³/mol. The van der Waals surface area contributed by atoms with Gasteiger partial charge in [0.2, 0.25) is 0 Å². The van der Waals surface area contributed by atoms with Crippen molar-refractivity contribution in [2.45, 2.75) is 104 Å². The SMILES string of the molecule is CC(=Cc1csc(CN)n1)[C@@H]1CC2OC2(C)CC2CC2[C@H](C)[C@H](O)[C@@H](C)C(=O)C(C)(C)[C@@H](O)CC(=O)O1. The topological polar surface area (TPSA) is 135 Å². The summed E-state index contributed by atoms with van der Waals surface area (Å²) in [5, 5.41) is 24.7. The number of nitrogens with two attached hydrogens (primary N) is 1. The lowest BCUT2D eigenvalue weighted by atomic mass is 9.72. The molecule has 0 aromatic carbocycles. The molecule has 3 heterocycles. The van der Waals surface area contributed by atoms with E-state index in [0.717, 1.165) is 29.1 Å². The summed E-state index contributed by atoms with van der Waals surface area (Å²) in [6.45, 7) is 11.4. The molecule has 1 aliphatic carbocycles. The third-order valence-corrected chi connectivity index (χ3v) is 9.87. The molecular formula is C28H42N2O6S. The van der Waals surface area contributed by atoms with E-state index >= 15 is 0 Å². The Morgan fingerprint density at radius 1 is 1.24 bits per heavy atom. The number of rotatable bonds is 3. The highest BCUT2D eigenvalue weighted by Gasteiger charge is 2.58. The Morgan fingerprint density at radius 2 is 1.95 bits per heavy atom. The second-order valence-corrected chi connectivity index (χ2v) is 13.1. The molecule has 8 nitrogen and oxygen atoms in total. The maximum Gasteiger partial charge on any atom is 0.309 e. The number of aliphatic hydroxyl groups excluding tert-OH is 2. The van der Waals surface area contributed by atoms with Crippen LogP contribution in [0.25, 0.3) is 6.08 Å². The van der Waals surface area contributed by atoms with Crippen LogP contribution in [-0.2, 0) is 25.6 Å². The van der Waals surface area contributed by atoms with Crippen LogP contribution in [0.3, 0.4) is 0 Å². The first kappa shape index (κ1) is 28.4. The molecule has 1 aromatic heterocycles. The Hall–Kier alpha value is -1.65. The maximum absolute atomic E-state index is 13.3. The molecule has 9 atom stereocenters. The van der Waals surface area contributed by atoms with E-state index in [1.807, 2.05) is 25.3 Å². The van der Waals surface area contributed by atoms with Crippen LogP contribution in [0, 0.1) is 29.1 Å². The molecule has 4 N–H and O–H groups in total. The molecule has 0 radical (unpaired) electrons. The quantitative estimate of drug-likeness (QED) is 0.396. The largest absolute Gasteiger partial charge is 0.458 e. The number of Topliss-reactive ketones (excluding diaryl/α,β-unsaturated/α-hetero) is 1. The minimum atomic E-state index is -1.24. The summed E-state index contributed by atoms with van der Waals surface area (Å²) >= 11 is 1.48. The fourth-order valence-electron chi connectivity index (χ4n) is 6.01. The maximum atomic E-state index is 13.3. The number of carbonyl (C=O) groups excluding carboxylic acids is 2. The van der Waals surface area contributed by atoms with Crippen LogP contribution in [0.1, 0.15) is 77.9 Å². The number of carbonyl (C=O) groups is 2. The molecule has 0 bridgehead atoms. The summed E-state index contributed by atoms with van der Waals surface area (Å²) < 4.78 is 12.1. The number of hydrogen-bond acceptors (Lipinski definition) is 9. The van der Waals surface area contributed by atoms with Crippen molar-refractivity contribution >= 4 is 29.2 Å². The van der Waals surface area contributed by atoms with Crippen molar-refractivity contribution in [3.63, 3.8) is 0 Å². The molecule has 0 amide bonds. The molecule has 3 fully saturated rings. The normalized spacial score (nSPS) is 40.9. The molecule has 1 saturated carbocycles. The van der Waals surface area contributed by atoms with Gasteiger partial charge in [-0.05, 0) is 56.1 Å². The van der Waals surface area contributed by atoms with Crippen LogP contribution in [-0.4, -0.2) is 57.0 Å². The Labute approximate surface area is 223 Å². The second-order valence-electron chi connectivity index (χ2n) is 12.2. The molecule has 4 rings (SSSR count). The molecule has 1 aromatic rings. The van der Waals surface area contributed by atoms with Gasteiger partial charge >= 0.3 is 5.97 Å². The fraction of sp³-hybridized carbons (Fsp3) is 0.750. The molecule has 4 unspecified atom stereocenters. The average Bonchev–Trinajstić information content (AvgIpc) is 3.68. The van der Waals surface area contributed by atoms with E-state index in [1.165, 1.54) is 11.3 Å². The van der Waals surface area contributed by atoms with Crippen LogP contribution in [0.2, 0.25) is 0 Å². The minimum Gasteiger partial charge on any atom is -0.458 e. The summed E-state index contributed by atoms with van der Waals surface area (Å²) in [5.74, 6) is -0.753. The molecule has 37 heavy (non-hydrogen) atoms. The standard InChI is InChI=1S/C28H42N2O6S/c1-14(7-18-13-37-23(12-29)30-18)20-9-22-28(6,36-22)11-17-8-19(17)15(2)25(33)16(3)26(34)27(4,5)21(31)10-24(32)35-20/h7,13,15-17,19-22,25,31,33H,8-12,29H2,1-6H3/t15-,16+,17?,19?,20-,21-,22?,25-,28?/m0/s1. The second kappa shape index (κ2) is 10.5. The van der Waals surface area contributed by atoms with Crippen molar-refractivity contribution < 1.29 is 29.3 Å². The lowest BCUT2D eigenvalue weighted by Crippen LogP contribution is -2.46. The highest BCUT2D eigenvalue weighted by molar-refractivity contribution is 7.09. The third kappa shape index (κ3) is 6.01. The monoisotopic (exact) mass is 534 g/mol. The first-order chi connectivity index (χ1) is 17.3. The van der Waals surface area contributed by atoms with E-state index in [1.54, 1.807) is 20.8 Å². The van der Waals surface area contributed by atoms with E-state index < -0.39 is 35.6 Å². The van der Waals surface area contributed by atoms with Crippen LogP contribution >= 0.6 is 11.3 Å². The van der Waals surface area contributed by atoms with Gasteiger partial charge in [0.05, 0.1) is 41.4 Å². The molecular weight excluding hydrogens is 492 g/mol. The lowest BCUT2D eigenvalue weighted by molar-refractivity contribution is -0.154. The number of epoxide rings is 1. The van der Waals surface area contributed by atoms with Gasteiger partial charge in [-0.2, -0.15) is 0 Å². The molecule has 9 heteroatoms. The number of aromatic nitrogens is 1. The van der Waals surface area contributed by atoms with Crippen molar-refractivity contribution in [1.29, 1.82) is 0 Å². The number of hydrogen-bond donors (Lipinski definition) is 3. The fourth-order valence-corrected chi connectivity index (χ4v) is 6.64. The zero-order valence-corrected chi connectivity index (χ0v) is 23.6. The highest BCUT2D eigenvalue weighted by Crippen LogP contribution is 2.56. The van der Waals surface area contributed by atoms with Crippen LogP contribution < -0.4 is 5.73 Å². The van der Waals surface area contributed by atoms with Crippen LogP contribution in [0.4, 0.5) is 0 Å². The Kier molecular flexibility index (Phi) is 8.04. The van der Waals surface area contributed by atoms with Crippen molar-refractivity contribution in [2.75, 3.05) is 0 Å². The van der Waals surface area contributed by atoms with E-state index in [0.29, 0.717) is 24.8 Å². The highest BCUT2D eigenvalue weighted by atomic mass is 32.1. The van der Waals surface area contributed by atoms with Gasteiger partial charge in [0.1, 0.15) is 16.9 Å². The number of ether oxygens (including phenoxy) is 2. The van der Waals surface area contributed by atoms with E-state index in [-0.39, 0.29) is 29.8 Å². The first-order valence-electron chi connectivity index (χ1n) is 13.4. The molecule has 3 aliphatic rings. The van der Waals surface area contributed by atoms with Crippen LogP contribution in [0.5, 0.6) is 0 Å². The summed E-state index contributed by atoms with van der Waals surface area (Å²) in [4.78, 5) is 30.9. The smallest absolute Gasteiger partial charge is 0.309 e. The minimum absolute atomic E-state index is 0.0370. The average molecular weight is 535 g/mol. The van der Waals surface area contributed by atoms with Crippen LogP contribution in [0.15, 0.2) is 11.0 Å². The van der Waals surface area contributed by atoms with Gasteiger partial charge in [0.15, 0.2) is 0 Å². The number of nitrogens with zero attached hydrogens (tertiary/aromatic N) is 1. The number of esters is 1. The Balaban J connectivity index is 1.59. The summed E-state index contributed by atoms with van der Waals surface area (Å²) in [6, 6.07) is 0. The first-order valence-corrected chi connectivity index (χ1v) is 14.2. The third-order valence-electron chi connectivity index (χ3n) is 8.98. The van der Waals surface area contributed by atoms with Gasteiger partial charge in [-0.15, -0.1) is 11.3 Å². The zero-order valence-electron chi connectivity index (χ0n) is 22.8. The number of aliphatic hydroxyl groups is 2. The number of cyclic esters (lactones) is 1. The van der Waals surface area contributed by atoms with Gasteiger partial charge < -0.3 is 25.4 Å². The van der Waals surface area contributed by atoms with Gasteiger partial charge in [0, 0.05) is 24.3 Å². The summed E-state index contributed by atoms with van der Waals surface area (Å²) in [7, 11) is 0. The van der Waals surface area contributed by atoms with Crippen molar-refractivity contribution in [2.24, 2.45) is 34.8 Å².